The fraction of sp³-hybridized carbons (Fsp3) is 0.238. The number of hydrogen-bond acceptors (Lipinski definition) is 2. The molecule has 0 aliphatic rings. The summed E-state index contributed by atoms with van der Waals surface area (Å²) in [6.07, 6.45) is 3.61. The number of hydrogen-bond donors (Lipinski definition) is 3. The zero-order chi connectivity index (χ0) is 19.2. The molecule has 6 heteroatoms. The number of fused-ring (bicyclic) bond motifs is 1. The molecule has 2 aromatic carbocycles. The van der Waals surface area contributed by atoms with Crippen molar-refractivity contribution < 1.29 is 14.7 Å². The van der Waals surface area contributed by atoms with Crippen LogP contribution < -0.4 is 5.32 Å². The van der Waals surface area contributed by atoms with E-state index >= 15 is 0 Å². The van der Waals surface area contributed by atoms with E-state index in [1.165, 1.54) is 10.9 Å². The van der Waals surface area contributed by atoms with Gasteiger partial charge in [0.15, 0.2) is 0 Å². The molecule has 0 aliphatic carbocycles. The number of carboxylic acid groups (broad SMARTS) is 1. The zero-order valence-electron chi connectivity index (χ0n) is 14.7. The van der Waals surface area contributed by atoms with Crippen molar-refractivity contribution in [3.05, 3.63) is 70.9 Å². The molecular formula is C21H21ClN2O3. The largest absolute Gasteiger partial charge is 0.481 e. The third-order valence-electron chi connectivity index (χ3n) is 4.51. The first-order chi connectivity index (χ1) is 13.0. The van der Waals surface area contributed by atoms with Gasteiger partial charge in [0, 0.05) is 28.5 Å². The second-order valence-electron chi connectivity index (χ2n) is 6.48. The van der Waals surface area contributed by atoms with Crippen LogP contribution in [0.25, 0.3) is 10.9 Å². The van der Waals surface area contributed by atoms with Crippen LogP contribution >= 0.6 is 11.6 Å². The lowest BCUT2D eigenvalue weighted by Crippen LogP contribution is -2.30. The summed E-state index contributed by atoms with van der Waals surface area (Å²) in [6, 6.07) is 14.3. The Hall–Kier alpha value is -2.79. The average Bonchev–Trinajstić information content (AvgIpc) is 3.05. The summed E-state index contributed by atoms with van der Waals surface area (Å²) in [7, 11) is 0. The van der Waals surface area contributed by atoms with E-state index in [0.29, 0.717) is 17.9 Å². The molecule has 3 aromatic rings. The van der Waals surface area contributed by atoms with Gasteiger partial charge in [0.25, 0.3) is 0 Å². The molecule has 3 rings (SSSR count). The molecular weight excluding hydrogens is 364 g/mol. The Bertz CT molecular complexity index is 934. The molecule has 27 heavy (non-hydrogen) atoms. The highest BCUT2D eigenvalue weighted by Gasteiger charge is 2.18. The van der Waals surface area contributed by atoms with Crippen molar-refractivity contribution in [3.63, 3.8) is 0 Å². The molecule has 0 saturated heterocycles. The molecule has 3 N–H and O–H groups in total. The predicted octanol–water partition coefficient (Wildman–Crippen LogP) is 4.48. The summed E-state index contributed by atoms with van der Waals surface area (Å²) in [6.45, 7) is 0. The highest BCUT2D eigenvalue weighted by atomic mass is 35.5. The first-order valence-electron chi connectivity index (χ1n) is 8.84. The summed E-state index contributed by atoms with van der Waals surface area (Å²) in [5.74, 6) is -1.12. The van der Waals surface area contributed by atoms with E-state index in [0.717, 1.165) is 17.5 Å². The molecule has 0 radical (unpaired) electrons. The topological polar surface area (TPSA) is 82.2 Å². The lowest BCUT2D eigenvalue weighted by atomic mass is 10.0. The number of carbonyl (C=O) groups is 2. The second-order valence-corrected chi connectivity index (χ2v) is 6.92. The number of carbonyl (C=O) groups excluding carboxylic acids is 1. The zero-order valence-corrected chi connectivity index (χ0v) is 15.5. The van der Waals surface area contributed by atoms with E-state index in [1.54, 1.807) is 24.3 Å². The molecule has 0 bridgehead atoms. The van der Waals surface area contributed by atoms with Crippen LogP contribution in [0.2, 0.25) is 5.02 Å². The molecule has 5 nitrogen and oxygen atoms in total. The van der Waals surface area contributed by atoms with Gasteiger partial charge in [-0.25, -0.2) is 0 Å². The first kappa shape index (κ1) is 19.0. The van der Waals surface area contributed by atoms with Gasteiger partial charge < -0.3 is 15.4 Å². The van der Waals surface area contributed by atoms with Crippen molar-refractivity contribution in [3.8, 4) is 0 Å². The van der Waals surface area contributed by atoms with Gasteiger partial charge in [-0.15, -0.1) is 0 Å². The molecule has 0 aliphatic heterocycles. The van der Waals surface area contributed by atoms with Crippen LogP contribution in [0.3, 0.4) is 0 Å². The van der Waals surface area contributed by atoms with Gasteiger partial charge in [-0.3, -0.25) is 9.59 Å². The average molecular weight is 385 g/mol. The number of rotatable bonds is 8. The number of amides is 1. The fourth-order valence-corrected chi connectivity index (χ4v) is 3.29. The van der Waals surface area contributed by atoms with Crippen LogP contribution in [-0.2, 0) is 16.0 Å². The predicted molar refractivity (Wildman–Crippen MR) is 106 cm³/mol. The number of para-hydroxylation sites is 1. The summed E-state index contributed by atoms with van der Waals surface area (Å²) >= 11 is 5.88. The lowest BCUT2D eigenvalue weighted by Gasteiger charge is -2.17. The Labute approximate surface area is 162 Å². The minimum atomic E-state index is -0.964. The monoisotopic (exact) mass is 384 g/mol. The van der Waals surface area contributed by atoms with Crippen LogP contribution in [0.15, 0.2) is 54.7 Å². The van der Waals surface area contributed by atoms with E-state index in [1.807, 2.05) is 24.4 Å². The van der Waals surface area contributed by atoms with Crippen molar-refractivity contribution in [2.45, 2.75) is 31.7 Å². The summed E-state index contributed by atoms with van der Waals surface area (Å²) in [5.41, 5.74) is 2.99. The van der Waals surface area contributed by atoms with Crippen LogP contribution in [0.1, 0.15) is 36.4 Å². The van der Waals surface area contributed by atoms with E-state index in [9.17, 15) is 9.59 Å². The molecule has 1 amide bonds. The number of aliphatic carboxylic acids is 1. The highest BCUT2D eigenvalue weighted by molar-refractivity contribution is 6.30. The summed E-state index contributed by atoms with van der Waals surface area (Å²) in [5, 5.41) is 13.7. The Morgan fingerprint density at radius 1 is 1.11 bits per heavy atom. The van der Waals surface area contributed by atoms with Gasteiger partial charge in [0.05, 0.1) is 12.5 Å². The Balaban J connectivity index is 1.57. The molecule has 1 atom stereocenters. The van der Waals surface area contributed by atoms with Crippen LogP contribution in [0.5, 0.6) is 0 Å². The highest BCUT2D eigenvalue weighted by Crippen LogP contribution is 2.21. The maximum Gasteiger partial charge on any atom is 0.305 e. The van der Waals surface area contributed by atoms with Crippen molar-refractivity contribution in [2.75, 3.05) is 0 Å². The van der Waals surface area contributed by atoms with Gasteiger partial charge >= 0.3 is 5.97 Å². The minimum Gasteiger partial charge on any atom is -0.481 e. The van der Waals surface area contributed by atoms with Gasteiger partial charge in [0.1, 0.15) is 0 Å². The molecule has 140 valence electrons. The van der Waals surface area contributed by atoms with Crippen molar-refractivity contribution in [1.29, 1.82) is 0 Å². The number of aromatic amines is 1. The van der Waals surface area contributed by atoms with Crippen molar-refractivity contribution in [2.24, 2.45) is 0 Å². The second kappa shape index (κ2) is 8.73. The molecule has 0 saturated carbocycles. The van der Waals surface area contributed by atoms with E-state index in [2.05, 4.69) is 16.4 Å². The number of carboxylic acids is 1. The van der Waals surface area contributed by atoms with Crippen LogP contribution in [0.4, 0.5) is 0 Å². The molecule has 1 aromatic heterocycles. The standard InChI is InChI=1S/C21H21ClN2O3/c22-16-10-8-14(9-11-16)19(12-21(26)27)24-20(25)7-3-4-15-13-23-18-6-2-1-5-17(15)18/h1-2,5-6,8-11,13,19,23H,3-4,7,12H2,(H,24,25)(H,26,27). The molecule has 0 spiro atoms. The third kappa shape index (κ3) is 5.11. The minimum absolute atomic E-state index is 0.156. The summed E-state index contributed by atoms with van der Waals surface area (Å²) < 4.78 is 0. The lowest BCUT2D eigenvalue weighted by molar-refractivity contribution is -0.137. The molecule has 0 fully saturated rings. The summed E-state index contributed by atoms with van der Waals surface area (Å²) in [4.78, 5) is 26.7. The maximum absolute atomic E-state index is 12.3. The quantitative estimate of drug-likeness (QED) is 0.535. The molecule has 1 heterocycles. The van der Waals surface area contributed by atoms with Gasteiger partial charge in [-0.1, -0.05) is 41.9 Å². The Kier molecular flexibility index (Phi) is 6.14. The van der Waals surface area contributed by atoms with Gasteiger partial charge in [-0.05, 0) is 42.2 Å². The molecule has 1 unspecified atom stereocenters. The van der Waals surface area contributed by atoms with E-state index in [4.69, 9.17) is 16.7 Å². The van der Waals surface area contributed by atoms with Crippen molar-refractivity contribution in [1.82, 2.24) is 10.3 Å². The van der Waals surface area contributed by atoms with E-state index < -0.39 is 12.0 Å². The maximum atomic E-state index is 12.3. The van der Waals surface area contributed by atoms with Crippen molar-refractivity contribution >= 4 is 34.4 Å². The van der Waals surface area contributed by atoms with Gasteiger partial charge in [0.2, 0.25) is 5.91 Å². The number of halogens is 1. The number of aromatic nitrogens is 1. The van der Waals surface area contributed by atoms with Crippen LogP contribution in [-0.4, -0.2) is 22.0 Å². The third-order valence-corrected chi connectivity index (χ3v) is 4.76. The first-order valence-corrected chi connectivity index (χ1v) is 9.22. The van der Waals surface area contributed by atoms with E-state index in [-0.39, 0.29) is 12.3 Å². The number of H-pyrrole nitrogens is 1. The number of nitrogens with one attached hydrogen (secondary N) is 2. The number of aryl methyl sites for hydroxylation is 1. The Morgan fingerprint density at radius 3 is 2.59 bits per heavy atom. The smallest absolute Gasteiger partial charge is 0.305 e. The SMILES string of the molecule is O=C(O)CC(NC(=O)CCCc1c[nH]c2ccccc12)c1ccc(Cl)cc1. The fourth-order valence-electron chi connectivity index (χ4n) is 3.17. The Morgan fingerprint density at radius 2 is 1.85 bits per heavy atom. The number of benzene rings is 2. The van der Waals surface area contributed by atoms with Crippen LogP contribution in [0, 0.1) is 0 Å². The van der Waals surface area contributed by atoms with Gasteiger partial charge in [-0.2, -0.15) is 0 Å². The normalized spacial score (nSPS) is 12.0.